The molecule has 1 heterocycles. The molecule has 118 valence electrons. The Morgan fingerprint density at radius 1 is 1.04 bits per heavy atom. The fourth-order valence-corrected chi connectivity index (χ4v) is 2.40. The van der Waals surface area contributed by atoms with Crippen molar-refractivity contribution in [3.05, 3.63) is 66.0 Å². The van der Waals surface area contributed by atoms with Crippen LogP contribution in [0, 0.1) is 0 Å². The Morgan fingerprint density at radius 2 is 1.87 bits per heavy atom. The van der Waals surface area contributed by atoms with Gasteiger partial charge in [0.15, 0.2) is 0 Å². The molecular formula is C18H19N3O2. The highest BCUT2D eigenvalue weighted by Crippen LogP contribution is 2.27. The molecule has 0 saturated heterocycles. The molecule has 0 aliphatic rings. The Hall–Kier alpha value is -2.95. The normalized spacial score (nSPS) is 10.3. The van der Waals surface area contributed by atoms with Crippen LogP contribution in [0.25, 0.3) is 0 Å². The van der Waals surface area contributed by atoms with Gasteiger partial charge in [-0.2, -0.15) is 0 Å². The molecular weight excluding hydrogens is 290 g/mol. The minimum atomic E-state index is 0.704. The van der Waals surface area contributed by atoms with Crippen molar-refractivity contribution in [2.75, 3.05) is 19.5 Å². The van der Waals surface area contributed by atoms with Crippen molar-refractivity contribution in [2.24, 2.45) is 0 Å². The molecule has 2 N–H and O–H groups in total. The summed E-state index contributed by atoms with van der Waals surface area (Å²) >= 11 is 0. The van der Waals surface area contributed by atoms with Crippen LogP contribution in [0.2, 0.25) is 0 Å². The largest absolute Gasteiger partial charge is 0.497 e. The second-order valence-corrected chi connectivity index (χ2v) is 5.11. The lowest BCUT2D eigenvalue weighted by Gasteiger charge is -2.12. The fourth-order valence-electron chi connectivity index (χ4n) is 2.40. The Bertz CT molecular complexity index is 752. The van der Waals surface area contributed by atoms with E-state index in [9.17, 15) is 0 Å². The number of anilines is 2. The van der Waals surface area contributed by atoms with Gasteiger partial charge in [-0.15, -0.1) is 0 Å². The summed E-state index contributed by atoms with van der Waals surface area (Å²) in [5.74, 6) is 2.41. The van der Waals surface area contributed by atoms with Gasteiger partial charge >= 0.3 is 0 Å². The first-order chi connectivity index (χ1) is 11.3. The second-order valence-electron chi connectivity index (χ2n) is 5.11. The Kier molecular flexibility index (Phi) is 4.47. The van der Waals surface area contributed by atoms with Gasteiger partial charge in [-0.25, -0.2) is 4.98 Å². The molecule has 0 aliphatic heterocycles. The first kappa shape index (κ1) is 15.0. The topological polar surface area (TPSA) is 59.2 Å². The summed E-state index contributed by atoms with van der Waals surface area (Å²) in [6, 6.07) is 14.1. The van der Waals surface area contributed by atoms with Gasteiger partial charge in [0.1, 0.15) is 11.5 Å². The number of ether oxygens (including phenoxy) is 2. The van der Waals surface area contributed by atoms with Crippen LogP contribution in [0.1, 0.15) is 11.1 Å². The Morgan fingerprint density at radius 3 is 2.52 bits per heavy atom. The number of nitrogens with zero attached hydrogens (tertiary/aromatic N) is 1. The zero-order valence-corrected chi connectivity index (χ0v) is 13.2. The number of aromatic amines is 1. The minimum absolute atomic E-state index is 0.704. The van der Waals surface area contributed by atoms with Gasteiger partial charge in [0, 0.05) is 30.6 Å². The number of nitrogens with one attached hydrogen (secondary N) is 2. The van der Waals surface area contributed by atoms with Gasteiger partial charge in [0.2, 0.25) is 5.95 Å². The van der Waals surface area contributed by atoms with Crippen LogP contribution < -0.4 is 14.8 Å². The molecule has 0 unspecified atom stereocenters. The average Bonchev–Trinajstić information content (AvgIpc) is 3.10. The zero-order valence-electron chi connectivity index (χ0n) is 13.2. The Balaban J connectivity index is 1.78. The number of aromatic nitrogens is 2. The molecule has 3 rings (SSSR count). The van der Waals surface area contributed by atoms with Crippen LogP contribution in [0.3, 0.4) is 0 Å². The predicted octanol–water partition coefficient (Wildman–Crippen LogP) is 3.76. The molecule has 0 bridgehead atoms. The summed E-state index contributed by atoms with van der Waals surface area (Å²) in [5.41, 5.74) is 3.26. The molecule has 5 nitrogen and oxygen atoms in total. The van der Waals surface area contributed by atoms with E-state index in [1.807, 2.05) is 24.3 Å². The molecule has 0 saturated carbocycles. The summed E-state index contributed by atoms with van der Waals surface area (Å²) in [6.45, 7) is 0. The van der Waals surface area contributed by atoms with E-state index in [0.29, 0.717) is 5.95 Å². The first-order valence-electron chi connectivity index (χ1n) is 7.35. The third kappa shape index (κ3) is 3.63. The summed E-state index contributed by atoms with van der Waals surface area (Å²) in [7, 11) is 3.35. The van der Waals surface area contributed by atoms with E-state index in [1.54, 1.807) is 26.6 Å². The number of methoxy groups -OCH3 is 2. The maximum absolute atomic E-state index is 5.53. The van der Waals surface area contributed by atoms with E-state index in [-0.39, 0.29) is 0 Å². The van der Waals surface area contributed by atoms with E-state index >= 15 is 0 Å². The molecule has 0 atom stereocenters. The molecule has 5 heteroatoms. The SMILES string of the molecule is COc1ccc(Cc2ccc(Nc3ncc[nH]3)cc2OC)cc1. The highest BCUT2D eigenvalue weighted by atomic mass is 16.5. The van der Waals surface area contributed by atoms with Gasteiger partial charge < -0.3 is 19.8 Å². The molecule has 2 aromatic carbocycles. The van der Waals surface area contributed by atoms with Crippen molar-refractivity contribution in [3.8, 4) is 11.5 Å². The smallest absolute Gasteiger partial charge is 0.204 e. The number of rotatable bonds is 6. The van der Waals surface area contributed by atoms with E-state index in [0.717, 1.165) is 29.2 Å². The van der Waals surface area contributed by atoms with Gasteiger partial charge in [0.25, 0.3) is 0 Å². The van der Waals surface area contributed by atoms with Gasteiger partial charge in [0.05, 0.1) is 14.2 Å². The highest BCUT2D eigenvalue weighted by molar-refractivity contribution is 5.58. The summed E-state index contributed by atoms with van der Waals surface area (Å²) in [6.07, 6.45) is 4.28. The average molecular weight is 309 g/mol. The van der Waals surface area contributed by atoms with Crippen molar-refractivity contribution in [1.29, 1.82) is 0 Å². The Labute approximate surface area is 135 Å². The minimum Gasteiger partial charge on any atom is -0.497 e. The molecule has 1 aromatic heterocycles. The van der Waals surface area contributed by atoms with E-state index in [1.165, 1.54) is 5.56 Å². The summed E-state index contributed by atoms with van der Waals surface area (Å²) in [5, 5.41) is 3.20. The van der Waals surface area contributed by atoms with Crippen LogP contribution in [-0.2, 0) is 6.42 Å². The van der Waals surface area contributed by atoms with E-state index < -0.39 is 0 Å². The van der Waals surface area contributed by atoms with Crippen molar-refractivity contribution >= 4 is 11.6 Å². The first-order valence-corrected chi connectivity index (χ1v) is 7.35. The monoisotopic (exact) mass is 309 g/mol. The predicted molar refractivity (Wildman–Crippen MR) is 90.7 cm³/mol. The maximum Gasteiger partial charge on any atom is 0.204 e. The second kappa shape index (κ2) is 6.87. The van der Waals surface area contributed by atoms with Crippen LogP contribution in [0.5, 0.6) is 11.5 Å². The standard InChI is InChI=1S/C18H19N3O2/c1-22-16-7-3-13(4-8-16)11-14-5-6-15(12-17(14)23-2)21-18-19-9-10-20-18/h3-10,12H,11H2,1-2H3,(H2,19,20,21). The molecule has 3 aromatic rings. The number of benzene rings is 2. The third-order valence-electron chi connectivity index (χ3n) is 3.60. The molecule has 0 aliphatic carbocycles. The van der Waals surface area contributed by atoms with Gasteiger partial charge in [-0.1, -0.05) is 18.2 Å². The summed E-state index contributed by atoms with van der Waals surface area (Å²) < 4.78 is 10.7. The number of hydrogen-bond acceptors (Lipinski definition) is 4. The fraction of sp³-hybridized carbons (Fsp3) is 0.167. The van der Waals surface area contributed by atoms with Crippen LogP contribution in [0.15, 0.2) is 54.9 Å². The quantitative estimate of drug-likeness (QED) is 0.728. The lowest BCUT2D eigenvalue weighted by Crippen LogP contribution is -1.97. The van der Waals surface area contributed by atoms with Crippen molar-refractivity contribution in [1.82, 2.24) is 9.97 Å². The summed E-state index contributed by atoms with van der Waals surface area (Å²) in [4.78, 5) is 7.17. The lowest BCUT2D eigenvalue weighted by molar-refractivity contribution is 0.410. The van der Waals surface area contributed by atoms with Crippen molar-refractivity contribution < 1.29 is 9.47 Å². The van der Waals surface area contributed by atoms with Crippen LogP contribution in [0.4, 0.5) is 11.6 Å². The van der Waals surface area contributed by atoms with Crippen molar-refractivity contribution in [3.63, 3.8) is 0 Å². The van der Waals surface area contributed by atoms with E-state index in [2.05, 4.69) is 33.5 Å². The van der Waals surface area contributed by atoms with Gasteiger partial charge in [-0.3, -0.25) is 0 Å². The lowest BCUT2D eigenvalue weighted by atomic mass is 10.0. The third-order valence-corrected chi connectivity index (χ3v) is 3.60. The molecule has 23 heavy (non-hydrogen) atoms. The number of H-pyrrole nitrogens is 1. The molecule has 0 fully saturated rings. The maximum atomic E-state index is 5.53. The molecule has 0 radical (unpaired) electrons. The van der Waals surface area contributed by atoms with E-state index in [4.69, 9.17) is 9.47 Å². The number of hydrogen-bond donors (Lipinski definition) is 2. The zero-order chi connectivity index (χ0) is 16.1. The molecule has 0 spiro atoms. The van der Waals surface area contributed by atoms with Gasteiger partial charge in [-0.05, 0) is 29.3 Å². The number of imidazole rings is 1. The van der Waals surface area contributed by atoms with Crippen molar-refractivity contribution in [2.45, 2.75) is 6.42 Å². The van der Waals surface area contributed by atoms with Crippen LogP contribution >= 0.6 is 0 Å². The highest BCUT2D eigenvalue weighted by Gasteiger charge is 2.07. The molecule has 0 amide bonds. The van der Waals surface area contributed by atoms with Crippen LogP contribution in [-0.4, -0.2) is 24.2 Å².